The predicted octanol–water partition coefficient (Wildman–Crippen LogP) is 5.84. The van der Waals surface area contributed by atoms with Crippen molar-refractivity contribution in [2.45, 2.75) is 20.8 Å². The second-order valence-electron chi connectivity index (χ2n) is 8.87. The molecule has 1 heterocycles. The molecule has 0 saturated carbocycles. The summed E-state index contributed by atoms with van der Waals surface area (Å²) in [6.45, 7) is 6.65. The molecule has 0 radical (unpaired) electrons. The number of aryl methyl sites for hydroxylation is 1. The maximum atomic E-state index is 12.4. The van der Waals surface area contributed by atoms with Gasteiger partial charge in [-0.15, -0.1) is 5.10 Å². The quantitative estimate of drug-likeness (QED) is 0.177. The lowest BCUT2D eigenvalue weighted by molar-refractivity contribution is -0.384. The Balaban J connectivity index is 1.51. The van der Waals surface area contributed by atoms with Gasteiger partial charge < -0.3 is 10.1 Å². The van der Waals surface area contributed by atoms with E-state index in [1.54, 1.807) is 35.0 Å². The summed E-state index contributed by atoms with van der Waals surface area (Å²) in [6, 6.07) is 21.5. The van der Waals surface area contributed by atoms with Crippen LogP contribution in [0.25, 0.3) is 23.2 Å². The van der Waals surface area contributed by atoms with Crippen molar-refractivity contribution in [2.75, 3.05) is 11.9 Å². The first-order valence-corrected chi connectivity index (χ1v) is 11.8. The summed E-state index contributed by atoms with van der Waals surface area (Å²) >= 11 is 0. The van der Waals surface area contributed by atoms with Gasteiger partial charge in [-0.05, 0) is 66.4 Å². The highest BCUT2D eigenvalue weighted by Crippen LogP contribution is 2.27. The molecule has 3 aromatic carbocycles. The second kappa shape index (κ2) is 11.3. The highest BCUT2D eigenvalue weighted by molar-refractivity contribution is 6.02. The number of benzene rings is 3. The van der Waals surface area contributed by atoms with Crippen molar-refractivity contribution in [2.24, 2.45) is 5.92 Å². The van der Waals surface area contributed by atoms with Gasteiger partial charge in [0.1, 0.15) is 0 Å². The number of hydrogen-bond acceptors (Lipinski definition) is 6. The van der Waals surface area contributed by atoms with E-state index in [1.807, 2.05) is 43.3 Å². The zero-order valence-electron chi connectivity index (χ0n) is 20.8. The number of amides is 1. The Labute approximate surface area is 214 Å². The van der Waals surface area contributed by atoms with Crippen LogP contribution >= 0.6 is 0 Å². The number of anilines is 1. The van der Waals surface area contributed by atoms with Crippen LogP contribution in [0.1, 0.15) is 25.0 Å². The molecule has 0 aliphatic carbocycles. The number of nitro groups is 1. The van der Waals surface area contributed by atoms with Crippen LogP contribution in [0.3, 0.4) is 0 Å². The molecule has 37 heavy (non-hydrogen) atoms. The normalized spacial score (nSPS) is 11.1. The third-order valence-corrected chi connectivity index (χ3v) is 5.43. The molecule has 1 amide bonds. The first-order valence-electron chi connectivity index (χ1n) is 11.8. The lowest BCUT2D eigenvalue weighted by Gasteiger charge is -2.09. The van der Waals surface area contributed by atoms with Crippen LogP contribution in [0.4, 0.5) is 11.4 Å². The number of carbonyl (C=O) groups excluding carboxylic acids is 1. The number of nitro benzene ring substituents is 1. The van der Waals surface area contributed by atoms with Gasteiger partial charge >= 0.3 is 6.01 Å². The van der Waals surface area contributed by atoms with Crippen molar-refractivity contribution in [3.8, 4) is 23.1 Å². The lowest BCUT2D eigenvalue weighted by atomic mass is 10.1. The van der Waals surface area contributed by atoms with Crippen molar-refractivity contribution < 1.29 is 14.5 Å². The molecular weight excluding hydrogens is 470 g/mol. The Morgan fingerprint density at radius 1 is 1.08 bits per heavy atom. The van der Waals surface area contributed by atoms with Crippen LogP contribution in [-0.4, -0.2) is 32.2 Å². The van der Waals surface area contributed by atoms with E-state index >= 15 is 0 Å². The fourth-order valence-corrected chi connectivity index (χ4v) is 3.52. The van der Waals surface area contributed by atoms with Crippen LogP contribution in [0.15, 0.2) is 78.9 Å². The molecule has 0 spiro atoms. The minimum absolute atomic E-state index is 0.00161. The first kappa shape index (κ1) is 25.3. The van der Waals surface area contributed by atoms with Crippen molar-refractivity contribution in [3.05, 3.63) is 100 Å². The fourth-order valence-electron chi connectivity index (χ4n) is 3.52. The van der Waals surface area contributed by atoms with Gasteiger partial charge in [0, 0.05) is 29.5 Å². The third kappa shape index (κ3) is 6.46. The molecule has 9 nitrogen and oxygen atoms in total. The van der Waals surface area contributed by atoms with E-state index in [4.69, 9.17) is 4.74 Å². The predicted molar refractivity (Wildman–Crippen MR) is 143 cm³/mol. The summed E-state index contributed by atoms with van der Waals surface area (Å²) in [5, 5.41) is 18.2. The summed E-state index contributed by atoms with van der Waals surface area (Å²) in [7, 11) is 0. The highest BCUT2D eigenvalue weighted by atomic mass is 16.6. The molecule has 9 heteroatoms. The monoisotopic (exact) mass is 497 g/mol. The lowest BCUT2D eigenvalue weighted by Crippen LogP contribution is -2.08. The molecule has 0 bridgehead atoms. The Bertz CT molecular complexity index is 1420. The molecule has 1 N–H and O–H groups in total. The minimum atomic E-state index is -0.466. The van der Waals surface area contributed by atoms with E-state index in [2.05, 4.69) is 29.2 Å². The number of rotatable bonds is 9. The van der Waals surface area contributed by atoms with E-state index in [0.717, 1.165) is 16.8 Å². The molecule has 1 aromatic heterocycles. The number of carbonyl (C=O) groups is 1. The Morgan fingerprint density at radius 3 is 2.43 bits per heavy atom. The van der Waals surface area contributed by atoms with Crippen molar-refractivity contribution >= 4 is 23.4 Å². The average Bonchev–Trinajstić information content (AvgIpc) is 3.31. The summed E-state index contributed by atoms with van der Waals surface area (Å²) in [6.07, 6.45) is 2.97. The minimum Gasteiger partial charge on any atom is -0.462 e. The van der Waals surface area contributed by atoms with Crippen LogP contribution in [0, 0.1) is 23.0 Å². The zero-order chi connectivity index (χ0) is 26.4. The number of ether oxygens (including phenoxy) is 1. The highest BCUT2D eigenvalue weighted by Gasteiger charge is 2.16. The van der Waals surface area contributed by atoms with Gasteiger partial charge in [-0.1, -0.05) is 38.1 Å². The molecule has 0 fully saturated rings. The number of hydrogen-bond donors (Lipinski definition) is 1. The molecule has 4 rings (SSSR count). The Kier molecular flexibility index (Phi) is 7.73. The molecule has 0 unspecified atom stereocenters. The van der Waals surface area contributed by atoms with Crippen LogP contribution < -0.4 is 10.1 Å². The molecule has 0 aliphatic heterocycles. The van der Waals surface area contributed by atoms with E-state index in [-0.39, 0.29) is 11.6 Å². The number of nitrogens with one attached hydrogen (secondary N) is 1. The van der Waals surface area contributed by atoms with Crippen LogP contribution in [-0.2, 0) is 4.79 Å². The van der Waals surface area contributed by atoms with E-state index < -0.39 is 4.92 Å². The first-order chi connectivity index (χ1) is 17.8. The fraction of sp³-hybridized carbons (Fsp3) is 0.179. The number of non-ortho nitro benzene ring substituents is 1. The van der Waals surface area contributed by atoms with E-state index in [1.165, 1.54) is 18.2 Å². The van der Waals surface area contributed by atoms with Gasteiger partial charge in [0.15, 0.2) is 5.82 Å². The van der Waals surface area contributed by atoms with E-state index in [0.29, 0.717) is 35.6 Å². The molecule has 4 aromatic rings. The van der Waals surface area contributed by atoms with Crippen LogP contribution in [0.2, 0.25) is 0 Å². The SMILES string of the molecule is Cc1ccccc1-c1nc(OCC(C)C)nn1-c1ccc(NC(=O)/C=C/c2ccc([N+](=O)[O-])cc2)cc1. The van der Waals surface area contributed by atoms with Crippen molar-refractivity contribution in [3.63, 3.8) is 0 Å². The molecule has 0 aliphatic rings. The zero-order valence-corrected chi connectivity index (χ0v) is 20.8. The summed E-state index contributed by atoms with van der Waals surface area (Å²) < 4.78 is 7.52. The standard InChI is InChI=1S/C28H27N5O4/c1-19(2)18-37-28-30-27(25-7-5-4-6-20(25)3)32(31-28)23-15-11-22(12-16-23)29-26(34)17-10-21-8-13-24(14-9-21)33(35)36/h4-17,19H,18H2,1-3H3,(H,29,34)/b17-10+. The maximum Gasteiger partial charge on any atom is 0.336 e. The largest absolute Gasteiger partial charge is 0.462 e. The maximum absolute atomic E-state index is 12.4. The molecule has 0 atom stereocenters. The summed E-state index contributed by atoms with van der Waals surface area (Å²) in [4.78, 5) is 27.3. The van der Waals surface area contributed by atoms with Gasteiger partial charge in [-0.2, -0.15) is 4.98 Å². The van der Waals surface area contributed by atoms with Gasteiger partial charge in [0.2, 0.25) is 5.91 Å². The van der Waals surface area contributed by atoms with Crippen LogP contribution in [0.5, 0.6) is 6.01 Å². The van der Waals surface area contributed by atoms with Gasteiger partial charge in [0.25, 0.3) is 5.69 Å². The average molecular weight is 498 g/mol. The molecule has 0 saturated heterocycles. The number of aromatic nitrogens is 3. The van der Waals surface area contributed by atoms with Gasteiger partial charge in [-0.3, -0.25) is 14.9 Å². The number of nitrogens with zero attached hydrogens (tertiary/aromatic N) is 4. The summed E-state index contributed by atoms with van der Waals surface area (Å²) in [5.74, 6) is 0.683. The molecule has 188 valence electrons. The Morgan fingerprint density at radius 2 is 1.78 bits per heavy atom. The van der Waals surface area contributed by atoms with E-state index in [9.17, 15) is 14.9 Å². The second-order valence-corrected chi connectivity index (χ2v) is 8.87. The Hall–Kier alpha value is -4.79. The van der Waals surface area contributed by atoms with Gasteiger partial charge in [0.05, 0.1) is 17.2 Å². The van der Waals surface area contributed by atoms with Crippen molar-refractivity contribution in [1.82, 2.24) is 14.8 Å². The van der Waals surface area contributed by atoms with Gasteiger partial charge in [-0.25, -0.2) is 4.68 Å². The van der Waals surface area contributed by atoms with Crippen molar-refractivity contribution in [1.29, 1.82) is 0 Å². The molecular formula is C28H27N5O4. The third-order valence-electron chi connectivity index (χ3n) is 5.43. The topological polar surface area (TPSA) is 112 Å². The summed E-state index contributed by atoms with van der Waals surface area (Å²) in [5.41, 5.74) is 4.07. The smallest absolute Gasteiger partial charge is 0.336 e.